The molecule has 0 bridgehead atoms. The largest absolute Gasteiger partial charge is 0.365 e. The van der Waals surface area contributed by atoms with Crippen LogP contribution in [-0.2, 0) is 7.05 Å². The summed E-state index contributed by atoms with van der Waals surface area (Å²) in [5, 5.41) is 11.4. The summed E-state index contributed by atoms with van der Waals surface area (Å²) in [5.41, 5.74) is 13.7. The fraction of sp³-hybridized carbons (Fsp3) is 0.400. The van der Waals surface area contributed by atoms with Crippen molar-refractivity contribution in [3.05, 3.63) is 35.4 Å². The average Bonchev–Trinajstić information content (AvgIpc) is 2.99. The van der Waals surface area contributed by atoms with Gasteiger partial charge in [0.25, 0.3) is 5.91 Å². The number of aromatic nitrogens is 4. The van der Waals surface area contributed by atoms with E-state index in [4.69, 9.17) is 11.5 Å². The number of halogens is 1. The number of hydrogen-bond acceptors (Lipinski definition) is 7. The molecule has 2 atom stereocenters. The number of pyridine rings is 2. The van der Waals surface area contributed by atoms with E-state index >= 15 is 0 Å². The molecule has 0 spiro atoms. The Balaban J connectivity index is 1.68. The van der Waals surface area contributed by atoms with Crippen LogP contribution in [0.15, 0.2) is 18.3 Å². The van der Waals surface area contributed by atoms with E-state index in [1.54, 1.807) is 10.9 Å². The summed E-state index contributed by atoms with van der Waals surface area (Å²) in [6.07, 6.45) is 5.40. The predicted octanol–water partition coefficient (Wildman–Crippen LogP) is 2.34. The van der Waals surface area contributed by atoms with E-state index in [9.17, 15) is 9.18 Å². The van der Waals surface area contributed by atoms with Gasteiger partial charge in [0, 0.05) is 24.5 Å². The van der Waals surface area contributed by atoms with Crippen LogP contribution in [0, 0.1) is 12.7 Å². The van der Waals surface area contributed by atoms with Crippen LogP contribution >= 0.6 is 0 Å². The zero-order valence-corrected chi connectivity index (χ0v) is 16.9. The number of aryl methyl sites for hydroxylation is 2. The van der Waals surface area contributed by atoms with Crippen molar-refractivity contribution in [3.8, 4) is 0 Å². The fourth-order valence-electron chi connectivity index (χ4n) is 3.90. The summed E-state index contributed by atoms with van der Waals surface area (Å²) in [5.74, 6) is -1.24. The van der Waals surface area contributed by atoms with Gasteiger partial charge in [-0.05, 0) is 31.9 Å². The van der Waals surface area contributed by atoms with E-state index in [-0.39, 0.29) is 29.3 Å². The van der Waals surface area contributed by atoms with Crippen molar-refractivity contribution in [1.82, 2.24) is 19.7 Å². The third kappa shape index (κ3) is 3.78. The topological polar surface area (TPSA) is 137 Å². The minimum Gasteiger partial charge on any atom is -0.365 e. The standard InChI is InChI=1S/C20H25FN8O/c1-10-12-7-11(9-24-20(12)29(2)28-10)25-18-13(17(23)30)8-14(21)19(27-18)26-16-6-4-3-5-15(16)22/h7-9,15-16H,3-6,22H2,1-2H3,(H2,23,30)(H2,25,26,27)/t15-,16?/m0/s1. The monoisotopic (exact) mass is 412 g/mol. The number of amides is 1. The number of rotatable bonds is 5. The zero-order chi connectivity index (χ0) is 21.4. The molecule has 4 rings (SSSR count). The molecule has 9 nitrogen and oxygen atoms in total. The molecule has 0 saturated heterocycles. The van der Waals surface area contributed by atoms with Crippen LogP contribution in [0.3, 0.4) is 0 Å². The molecule has 1 saturated carbocycles. The van der Waals surface area contributed by atoms with Gasteiger partial charge in [0.05, 0.1) is 23.1 Å². The second kappa shape index (κ2) is 7.86. The van der Waals surface area contributed by atoms with Crippen LogP contribution < -0.4 is 22.1 Å². The lowest BCUT2D eigenvalue weighted by Gasteiger charge is -2.30. The van der Waals surface area contributed by atoms with E-state index in [2.05, 4.69) is 25.7 Å². The van der Waals surface area contributed by atoms with Crippen molar-refractivity contribution in [2.45, 2.75) is 44.7 Å². The van der Waals surface area contributed by atoms with Crippen molar-refractivity contribution < 1.29 is 9.18 Å². The van der Waals surface area contributed by atoms with Crippen molar-refractivity contribution in [2.75, 3.05) is 10.6 Å². The highest BCUT2D eigenvalue weighted by Gasteiger charge is 2.24. The average molecular weight is 412 g/mol. The van der Waals surface area contributed by atoms with Gasteiger partial charge in [-0.1, -0.05) is 12.8 Å². The Morgan fingerprint density at radius 1 is 1.27 bits per heavy atom. The first kappa shape index (κ1) is 20.0. The SMILES string of the molecule is Cc1nn(C)c2ncc(Nc3nc(NC4CCCC[C@@H]4N)c(F)cc3C(N)=O)cc12. The smallest absolute Gasteiger partial charge is 0.252 e. The van der Waals surface area contributed by atoms with Crippen LogP contribution in [0.4, 0.5) is 21.7 Å². The molecule has 3 aromatic rings. The summed E-state index contributed by atoms with van der Waals surface area (Å²) in [6, 6.07) is 2.79. The second-order valence-corrected chi connectivity index (χ2v) is 7.71. The van der Waals surface area contributed by atoms with Crippen molar-refractivity contribution >= 4 is 34.3 Å². The molecule has 1 aliphatic carbocycles. The normalized spacial score (nSPS) is 19.1. The summed E-state index contributed by atoms with van der Waals surface area (Å²) in [7, 11) is 1.82. The van der Waals surface area contributed by atoms with E-state index in [0.29, 0.717) is 5.69 Å². The molecule has 1 fully saturated rings. The Morgan fingerprint density at radius 2 is 2.03 bits per heavy atom. The van der Waals surface area contributed by atoms with Crippen molar-refractivity contribution in [2.24, 2.45) is 18.5 Å². The van der Waals surface area contributed by atoms with E-state index in [1.165, 1.54) is 0 Å². The maximum Gasteiger partial charge on any atom is 0.252 e. The second-order valence-electron chi connectivity index (χ2n) is 7.71. The molecule has 3 aromatic heterocycles. The lowest BCUT2D eigenvalue weighted by molar-refractivity contribution is 0.100. The highest BCUT2D eigenvalue weighted by molar-refractivity contribution is 5.98. The Bertz CT molecular complexity index is 1110. The van der Waals surface area contributed by atoms with Crippen molar-refractivity contribution in [1.29, 1.82) is 0 Å². The molecular weight excluding hydrogens is 387 g/mol. The maximum atomic E-state index is 14.7. The fourth-order valence-corrected chi connectivity index (χ4v) is 3.90. The first-order valence-corrected chi connectivity index (χ1v) is 9.92. The Kier molecular flexibility index (Phi) is 5.25. The van der Waals surface area contributed by atoms with Gasteiger partial charge in [-0.25, -0.2) is 14.4 Å². The molecule has 158 valence electrons. The number of carbonyl (C=O) groups excluding carboxylic acids is 1. The van der Waals surface area contributed by atoms with Crippen LogP contribution in [0.2, 0.25) is 0 Å². The minimum atomic E-state index is -0.781. The quantitative estimate of drug-likeness (QED) is 0.505. The van der Waals surface area contributed by atoms with Gasteiger partial charge >= 0.3 is 0 Å². The van der Waals surface area contributed by atoms with Gasteiger partial charge in [-0.3, -0.25) is 9.48 Å². The van der Waals surface area contributed by atoms with Crippen molar-refractivity contribution in [3.63, 3.8) is 0 Å². The molecule has 0 aromatic carbocycles. The number of hydrogen-bond donors (Lipinski definition) is 4. The molecule has 1 amide bonds. The third-order valence-corrected chi connectivity index (χ3v) is 5.51. The Labute approximate surface area is 173 Å². The number of nitrogens with two attached hydrogens (primary N) is 2. The minimum absolute atomic E-state index is 0.0384. The summed E-state index contributed by atoms with van der Waals surface area (Å²) >= 11 is 0. The van der Waals surface area contributed by atoms with Crippen LogP contribution in [-0.4, -0.2) is 37.7 Å². The van der Waals surface area contributed by atoms with Crippen LogP contribution in [0.1, 0.15) is 41.7 Å². The number of primary amides is 1. The number of anilines is 3. The van der Waals surface area contributed by atoms with Gasteiger partial charge in [0.15, 0.2) is 17.3 Å². The third-order valence-electron chi connectivity index (χ3n) is 5.51. The summed E-state index contributed by atoms with van der Waals surface area (Å²) < 4.78 is 16.3. The van der Waals surface area contributed by atoms with Gasteiger partial charge in [-0.15, -0.1) is 0 Å². The molecule has 3 heterocycles. The van der Waals surface area contributed by atoms with Gasteiger partial charge in [0.1, 0.15) is 5.82 Å². The van der Waals surface area contributed by atoms with Gasteiger partial charge in [-0.2, -0.15) is 5.10 Å². The molecule has 10 heteroatoms. The molecule has 30 heavy (non-hydrogen) atoms. The zero-order valence-electron chi connectivity index (χ0n) is 16.9. The number of nitrogens with one attached hydrogen (secondary N) is 2. The molecule has 0 aliphatic heterocycles. The van der Waals surface area contributed by atoms with E-state index in [0.717, 1.165) is 48.5 Å². The lowest BCUT2D eigenvalue weighted by atomic mass is 9.91. The summed E-state index contributed by atoms with van der Waals surface area (Å²) in [4.78, 5) is 20.6. The maximum absolute atomic E-state index is 14.7. The highest BCUT2D eigenvalue weighted by atomic mass is 19.1. The predicted molar refractivity (Wildman–Crippen MR) is 113 cm³/mol. The lowest BCUT2D eigenvalue weighted by Crippen LogP contribution is -2.43. The molecule has 0 radical (unpaired) electrons. The summed E-state index contributed by atoms with van der Waals surface area (Å²) in [6.45, 7) is 1.88. The van der Waals surface area contributed by atoms with Crippen LogP contribution in [0.5, 0.6) is 0 Å². The van der Waals surface area contributed by atoms with Gasteiger partial charge in [0.2, 0.25) is 0 Å². The Hall–Kier alpha value is -3.27. The van der Waals surface area contributed by atoms with Gasteiger partial charge < -0.3 is 22.1 Å². The number of nitrogens with zero attached hydrogens (tertiary/aromatic N) is 4. The molecule has 6 N–H and O–H groups in total. The first-order chi connectivity index (χ1) is 14.3. The molecule has 1 unspecified atom stereocenters. The van der Waals surface area contributed by atoms with E-state index in [1.807, 2.05) is 20.0 Å². The van der Waals surface area contributed by atoms with E-state index < -0.39 is 11.7 Å². The highest BCUT2D eigenvalue weighted by Crippen LogP contribution is 2.28. The molecule has 1 aliphatic rings. The van der Waals surface area contributed by atoms with Crippen LogP contribution in [0.25, 0.3) is 11.0 Å². The molecular formula is C20H25FN8O. The first-order valence-electron chi connectivity index (χ1n) is 9.92. The number of carbonyl (C=O) groups is 1. The number of fused-ring (bicyclic) bond motifs is 1. The Morgan fingerprint density at radius 3 is 2.77 bits per heavy atom.